The van der Waals surface area contributed by atoms with Crippen LogP contribution in [0.15, 0.2) is 16.6 Å². The maximum Gasteiger partial charge on any atom is 0.573 e. The van der Waals surface area contributed by atoms with E-state index in [1.807, 2.05) is 0 Å². The van der Waals surface area contributed by atoms with Crippen LogP contribution in [0.25, 0.3) is 0 Å². The third-order valence-electron chi connectivity index (χ3n) is 1.63. The molecular weight excluding hydrogens is 312 g/mol. The molecule has 0 saturated carbocycles. The van der Waals surface area contributed by atoms with E-state index in [0.29, 0.717) is 0 Å². The smallest absolute Gasteiger partial charge is 0.404 e. The Bertz CT molecular complexity index is 431. The van der Waals surface area contributed by atoms with Crippen LogP contribution in [0.4, 0.5) is 13.2 Å². The summed E-state index contributed by atoms with van der Waals surface area (Å²) < 4.78 is 39.7. The normalized spacial score (nSPS) is 11.4. The van der Waals surface area contributed by atoms with Crippen molar-refractivity contribution in [3.05, 3.63) is 27.2 Å². The highest BCUT2D eigenvalue weighted by atomic mass is 79.9. The van der Waals surface area contributed by atoms with Gasteiger partial charge in [0.05, 0.1) is 5.02 Å². The Morgan fingerprint density at radius 3 is 2.44 bits per heavy atom. The Hall–Kier alpha value is -0.750. The molecule has 0 atom stereocenters. The van der Waals surface area contributed by atoms with Gasteiger partial charge in [0.1, 0.15) is 5.75 Å². The molecule has 0 aliphatic carbocycles. The van der Waals surface area contributed by atoms with E-state index < -0.39 is 12.1 Å². The van der Waals surface area contributed by atoms with Crippen LogP contribution in [-0.2, 0) is 0 Å². The zero-order valence-corrected chi connectivity index (χ0v) is 10.2. The molecular formula is C9H5BrClF3O2. The summed E-state index contributed by atoms with van der Waals surface area (Å²) in [6, 6.07) is 2.13. The SMILES string of the molecule is CC(=O)c1cc(Cl)c(OC(F)(F)F)cc1Br. The fraction of sp³-hybridized carbons (Fsp3) is 0.222. The minimum atomic E-state index is -4.82. The van der Waals surface area contributed by atoms with Crippen LogP contribution in [-0.4, -0.2) is 12.1 Å². The maximum atomic E-state index is 11.9. The predicted octanol–water partition coefficient (Wildman–Crippen LogP) is 4.20. The lowest BCUT2D eigenvalue weighted by Gasteiger charge is -2.11. The van der Waals surface area contributed by atoms with Crippen LogP contribution in [0.5, 0.6) is 5.75 Å². The van der Waals surface area contributed by atoms with E-state index in [9.17, 15) is 18.0 Å². The molecule has 0 fully saturated rings. The molecule has 0 heterocycles. The number of alkyl halides is 3. The number of halogens is 5. The van der Waals surface area contributed by atoms with E-state index in [-0.39, 0.29) is 20.8 Å². The van der Waals surface area contributed by atoms with Crippen molar-refractivity contribution in [1.29, 1.82) is 0 Å². The van der Waals surface area contributed by atoms with Gasteiger partial charge in [-0.1, -0.05) is 11.6 Å². The van der Waals surface area contributed by atoms with E-state index in [1.165, 1.54) is 6.92 Å². The number of Topliss-reactive ketones (excluding diaryl/α,β-unsaturated/α-hetero) is 1. The summed E-state index contributed by atoms with van der Waals surface area (Å²) in [6.07, 6.45) is -4.82. The number of carbonyl (C=O) groups is 1. The van der Waals surface area contributed by atoms with Crippen molar-refractivity contribution >= 4 is 33.3 Å². The van der Waals surface area contributed by atoms with E-state index in [2.05, 4.69) is 20.7 Å². The molecule has 0 amide bonds. The van der Waals surface area contributed by atoms with Gasteiger partial charge >= 0.3 is 6.36 Å². The first kappa shape index (κ1) is 13.3. The maximum absolute atomic E-state index is 11.9. The molecule has 0 unspecified atom stereocenters. The molecule has 0 bridgehead atoms. The van der Waals surface area contributed by atoms with Gasteiger partial charge < -0.3 is 4.74 Å². The van der Waals surface area contributed by atoms with Gasteiger partial charge in [-0.2, -0.15) is 0 Å². The molecule has 0 aromatic heterocycles. The zero-order chi connectivity index (χ0) is 12.5. The van der Waals surface area contributed by atoms with Gasteiger partial charge in [-0.3, -0.25) is 4.79 Å². The third kappa shape index (κ3) is 3.38. The Kier molecular flexibility index (Phi) is 3.85. The fourth-order valence-electron chi connectivity index (χ4n) is 1.00. The molecule has 88 valence electrons. The second-order valence-corrected chi connectivity index (χ2v) is 4.13. The predicted molar refractivity (Wildman–Crippen MR) is 55.8 cm³/mol. The van der Waals surface area contributed by atoms with Crippen molar-refractivity contribution < 1.29 is 22.7 Å². The highest BCUT2D eigenvalue weighted by Gasteiger charge is 2.32. The summed E-state index contributed by atoms with van der Waals surface area (Å²) in [5.74, 6) is -0.863. The summed E-state index contributed by atoms with van der Waals surface area (Å²) in [4.78, 5) is 11.1. The molecule has 16 heavy (non-hydrogen) atoms. The Labute approximate surface area is 102 Å². The summed E-state index contributed by atoms with van der Waals surface area (Å²) in [6.45, 7) is 1.28. The second kappa shape index (κ2) is 4.63. The van der Waals surface area contributed by atoms with Crippen molar-refractivity contribution in [3.8, 4) is 5.75 Å². The standard InChI is InChI=1S/C9H5BrClF3O2/c1-4(15)5-2-7(11)8(3-6(5)10)16-9(12,13)14/h2-3H,1H3. The third-order valence-corrected chi connectivity index (χ3v) is 2.58. The molecule has 1 aromatic rings. The first-order valence-electron chi connectivity index (χ1n) is 3.96. The Morgan fingerprint density at radius 1 is 1.44 bits per heavy atom. The summed E-state index contributed by atoms with van der Waals surface area (Å²) in [5.41, 5.74) is 0.194. The van der Waals surface area contributed by atoms with Crippen LogP contribution < -0.4 is 4.74 Å². The molecule has 0 radical (unpaired) electrons. The van der Waals surface area contributed by atoms with E-state index in [0.717, 1.165) is 12.1 Å². The number of hydrogen-bond donors (Lipinski definition) is 0. The quantitative estimate of drug-likeness (QED) is 0.764. The molecule has 0 spiro atoms. The number of carbonyl (C=O) groups excluding carboxylic acids is 1. The first-order chi connectivity index (χ1) is 7.20. The summed E-state index contributed by atoms with van der Waals surface area (Å²) >= 11 is 8.52. The highest BCUT2D eigenvalue weighted by molar-refractivity contribution is 9.10. The molecule has 1 aromatic carbocycles. The molecule has 1 rings (SSSR count). The van der Waals surface area contributed by atoms with Crippen molar-refractivity contribution in [2.75, 3.05) is 0 Å². The van der Waals surface area contributed by atoms with Crippen LogP contribution >= 0.6 is 27.5 Å². The number of benzene rings is 1. The van der Waals surface area contributed by atoms with Crippen LogP contribution in [0, 0.1) is 0 Å². The Morgan fingerprint density at radius 2 is 2.00 bits per heavy atom. The molecule has 0 aliphatic heterocycles. The van der Waals surface area contributed by atoms with Crippen LogP contribution in [0.3, 0.4) is 0 Å². The van der Waals surface area contributed by atoms with Crippen molar-refractivity contribution in [1.82, 2.24) is 0 Å². The zero-order valence-electron chi connectivity index (χ0n) is 7.86. The van der Waals surface area contributed by atoms with Gasteiger partial charge in [-0.25, -0.2) is 0 Å². The van der Waals surface area contributed by atoms with Gasteiger partial charge in [0.15, 0.2) is 5.78 Å². The van der Waals surface area contributed by atoms with E-state index >= 15 is 0 Å². The fourth-order valence-corrected chi connectivity index (χ4v) is 1.81. The summed E-state index contributed by atoms with van der Waals surface area (Å²) in [5, 5.41) is -0.272. The minimum absolute atomic E-state index is 0.194. The van der Waals surface area contributed by atoms with Gasteiger partial charge in [0.2, 0.25) is 0 Å². The highest BCUT2D eigenvalue weighted by Crippen LogP contribution is 2.34. The number of ketones is 1. The van der Waals surface area contributed by atoms with Crippen molar-refractivity contribution in [2.24, 2.45) is 0 Å². The largest absolute Gasteiger partial charge is 0.573 e. The molecule has 2 nitrogen and oxygen atoms in total. The van der Waals surface area contributed by atoms with Gasteiger partial charge in [0, 0.05) is 10.0 Å². The lowest BCUT2D eigenvalue weighted by Crippen LogP contribution is -2.17. The summed E-state index contributed by atoms with van der Waals surface area (Å²) in [7, 11) is 0. The average molecular weight is 317 g/mol. The van der Waals surface area contributed by atoms with Gasteiger partial charge in [-0.05, 0) is 35.0 Å². The number of hydrogen-bond acceptors (Lipinski definition) is 2. The lowest BCUT2D eigenvalue weighted by molar-refractivity contribution is -0.274. The van der Waals surface area contributed by atoms with Crippen LogP contribution in [0.1, 0.15) is 17.3 Å². The minimum Gasteiger partial charge on any atom is -0.404 e. The first-order valence-corrected chi connectivity index (χ1v) is 5.13. The molecule has 0 N–H and O–H groups in total. The van der Waals surface area contributed by atoms with E-state index in [1.54, 1.807) is 0 Å². The lowest BCUT2D eigenvalue weighted by atomic mass is 10.1. The molecule has 0 aliphatic rings. The van der Waals surface area contributed by atoms with Crippen molar-refractivity contribution in [2.45, 2.75) is 13.3 Å². The molecule has 0 saturated heterocycles. The number of rotatable bonds is 2. The van der Waals surface area contributed by atoms with Crippen molar-refractivity contribution in [3.63, 3.8) is 0 Å². The molecule has 7 heteroatoms. The van der Waals surface area contributed by atoms with Gasteiger partial charge in [-0.15, -0.1) is 13.2 Å². The second-order valence-electron chi connectivity index (χ2n) is 2.87. The van der Waals surface area contributed by atoms with Crippen LogP contribution in [0.2, 0.25) is 5.02 Å². The monoisotopic (exact) mass is 316 g/mol. The number of ether oxygens (including phenoxy) is 1. The average Bonchev–Trinajstić information content (AvgIpc) is 2.07. The topological polar surface area (TPSA) is 26.3 Å². The Balaban J connectivity index is 3.16. The van der Waals surface area contributed by atoms with E-state index in [4.69, 9.17) is 11.6 Å². The van der Waals surface area contributed by atoms with Gasteiger partial charge in [0.25, 0.3) is 0 Å².